The second kappa shape index (κ2) is 9.03. The molecule has 0 unspecified atom stereocenters. The van der Waals surface area contributed by atoms with E-state index in [1.165, 1.54) is 17.0 Å². The molecule has 1 aliphatic rings. The lowest BCUT2D eigenvalue weighted by atomic mass is 10.0. The molecule has 0 atom stereocenters. The SMILES string of the molecule is Cc1c(N=C2S/C(=C\c3ccc(-c4cccc(C(=O)O)c4C)o3)C(=O)N2C)cccc1C(=O)O. The van der Waals surface area contributed by atoms with Crippen molar-refractivity contribution in [1.82, 2.24) is 4.90 Å². The minimum absolute atomic E-state index is 0.153. The van der Waals surface area contributed by atoms with Gasteiger partial charge in [-0.3, -0.25) is 9.69 Å². The molecule has 0 aliphatic carbocycles. The van der Waals surface area contributed by atoms with Crippen LogP contribution < -0.4 is 0 Å². The summed E-state index contributed by atoms with van der Waals surface area (Å²) in [6.45, 7) is 3.39. The lowest BCUT2D eigenvalue weighted by molar-refractivity contribution is -0.121. The Morgan fingerprint density at radius 3 is 2.29 bits per heavy atom. The lowest BCUT2D eigenvalue weighted by Gasteiger charge is -2.09. The number of carboxylic acid groups (broad SMARTS) is 2. The van der Waals surface area contributed by atoms with Gasteiger partial charge in [0.25, 0.3) is 5.91 Å². The first kappa shape index (κ1) is 23.1. The van der Waals surface area contributed by atoms with E-state index >= 15 is 0 Å². The highest BCUT2D eigenvalue weighted by molar-refractivity contribution is 8.18. The molecule has 2 heterocycles. The number of aromatic carboxylic acids is 2. The summed E-state index contributed by atoms with van der Waals surface area (Å²) in [7, 11) is 1.60. The number of rotatable bonds is 5. The smallest absolute Gasteiger partial charge is 0.336 e. The zero-order chi connectivity index (χ0) is 24.6. The Kier molecular flexibility index (Phi) is 6.12. The number of likely N-dealkylation sites (N-methyl/N-ethyl adjacent to an activating group) is 1. The highest BCUT2D eigenvalue weighted by Gasteiger charge is 2.31. The number of carboxylic acids is 2. The standard InChI is InChI=1S/C25H20N2O6S/c1-13-16(6-4-7-17(13)23(29)30)20-11-10-15(33-20)12-21-22(28)27(3)25(34-21)26-19-9-5-8-18(14(19)2)24(31)32/h4-12H,1-3H3,(H,29,30)(H,31,32)/b21-12-,26-25?. The highest BCUT2D eigenvalue weighted by atomic mass is 32.2. The topological polar surface area (TPSA) is 120 Å². The summed E-state index contributed by atoms with van der Waals surface area (Å²) in [4.78, 5) is 41.9. The van der Waals surface area contributed by atoms with Crippen molar-refractivity contribution in [3.63, 3.8) is 0 Å². The fraction of sp³-hybridized carbons (Fsp3) is 0.120. The van der Waals surface area contributed by atoms with Gasteiger partial charge < -0.3 is 14.6 Å². The van der Waals surface area contributed by atoms with E-state index in [0.29, 0.717) is 44.0 Å². The van der Waals surface area contributed by atoms with Crippen LogP contribution in [0, 0.1) is 13.8 Å². The van der Waals surface area contributed by atoms with E-state index in [0.717, 1.165) is 11.8 Å². The number of aliphatic imine (C=N–C) groups is 1. The summed E-state index contributed by atoms with van der Waals surface area (Å²) in [5.74, 6) is -1.39. The van der Waals surface area contributed by atoms with Crippen molar-refractivity contribution >= 4 is 46.5 Å². The maximum absolute atomic E-state index is 12.8. The van der Waals surface area contributed by atoms with Gasteiger partial charge >= 0.3 is 11.9 Å². The largest absolute Gasteiger partial charge is 0.478 e. The summed E-state index contributed by atoms with van der Waals surface area (Å²) < 4.78 is 5.89. The molecular weight excluding hydrogens is 456 g/mol. The third kappa shape index (κ3) is 4.25. The molecule has 0 bridgehead atoms. The van der Waals surface area contributed by atoms with Gasteiger partial charge in [0.05, 0.1) is 21.7 Å². The molecule has 1 amide bonds. The fourth-order valence-electron chi connectivity index (χ4n) is 3.57. The fourth-order valence-corrected chi connectivity index (χ4v) is 4.53. The number of thioether (sulfide) groups is 1. The van der Waals surface area contributed by atoms with Gasteiger partial charge in [-0.05, 0) is 67.1 Å². The summed E-state index contributed by atoms with van der Waals surface area (Å²) in [5, 5.41) is 19.1. The van der Waals surface area contributed by atoms with Crippen molar-refractivity contribution in [2.75, 3.05) is 7.05 Å². The van der Waals surface area contributed by atoms with Crippen molar-refractivity contribution in [2.24, 2.45) is 4.99 Å². The number of amides is 1. The van der Waals surface area contributed by atoms with Crippen LogP contribution in [-0.4, -0.2) is 45.2 Å². The number of furan rings is 1. The monoisotopic (exact) mass is 476 g/mol. The maximum atomic E-state index is 12.8. The first-order valence-corrected chi connectivity index (χ1v) is 11.0. The van der Waals surface area contributed by atoms with E-state index in [9.17, 15) is 24.6 Å². The molecule has 34 heavy (non-hydrogen) atoms. The van der Waals surface area contributed by atoms with E-state index in [2.05, 4.69) is 4.99 Å². The van der Waals surface area contributed by atoms with Crippen LogP contribution in [0.4, 0.5) is 5.69 Å². The predicted octanol–water partition coefficient (Wildman–Crippen LogP) is 5.19. The average Bonchev–Trinajstić information content (AvgIpc) is 3.35. The second-order valence-corrected chi connectivity index (χ2v) is 8.62. The third-order valence-electron chi connectivity index (χ3n) is 5.49. The normalized spacial score (nSPS) is 16.0. The molecule has 1 fully saturated rings. The summed E-state index contributed by atoms with van der Waals surface area (Å²) >= 11 is 1.16. The predicted molar refractivity (Wildman–Crippen MR) is 129 cm³/mol. The molecule has 1 saturated heterocycles. The number of nitrogens with zero attached hydrogens (tertiary/aromatic N) is 2. The minimum Gasteiger partial charge on any atom is -0.478 e. The lowest BCUT2D eigenvalue weighted by Crippen LogP contribution is -2.23. The maximum Gasteiger partial charge on any atom is 0.336 e. The number of carbonyl (C=O) groups excluding carboxylic acids is 1. The number of carbonyl (C=O) groups is 3. The molecule has 172 valence electrons. The van der Waals surface area contributed by atoms with Gasteiger partial charge in [-0.25, -0.2) is 14.6 Å². The van der Waals surface area contributed by atoms with Crippen LogP contribution in [0.1, 0.15) is 37.6 Å². The second-order valence-electron chi connectivity index (χ2n) is 7.61. The van der Waals surface area contributed by atoms with Gasteiger partial charge in [0.1, 0.15) is 11.5 Å². The quantitative estimate of drug-likeness (QED) is 0.486. The van der Waals surface area contributed by atoms with E-state index in [1.54, 1.807) is 63.4 Å². The van der Waals surface area contributed by atoms with Gasteiger partial charge in [0.15, 0.2) is 5.17 Å². The zero-order valence-corrected chi connectivity index (χ0v) is 19.3. The van der Waals surface area contributed by atoms with Gasteiger partial charge in [0, 0.05) is 18.7 Å². The Morgan fingerprint density at radius 2 is 1.62 bits per heavy atom. The van der Waals surface area contributed by atoms with Crippen molar-refractivity contribution in [3.8, 4) is 11.3 Å². The third-order valence-corrected chi connectivity index (χ3v) is 6.55. The van der Waals surface area contributed by atoms with Gasteiger partial charge in [0.2, 0.25) is 0 Å². The van der Waals surface area contributed by atoms with Crippen LogP contribution in [0.15, 0.2) is 62.8 Å². The van der Waals surface area contributed by atoms with Crippen LogP contribution in [0.2, 0.25) is 0 Å². The molecule has 9 heteroatoms. The molecule has 2 aromatic carbocycles. The molecule has 1 aliphatic heterocycles. The molecule has 0 saturated carbocycles. The first-order valence-electron chi connectivity index (χ1n) is 10.2. The van der Waals surface area contributed by atoms with Crippen LogP contribution in [0.25, 0.3) is 17.4 Å². The van der Waals surface area contributed by atoms with Crippen LogP contribution >= 0.6 is 11.8 Å². The Bertz CT molecular complexity index is 1400. The molecule has 4 rings (SSSR count). The Balaban J connectivity index is 1.64. The van der Waals surface area contributed by atoms with Crippen molar-refractivity contribution in [3.05, 3.63) is 81.5 Å². The Morgan fingerprint density at radius 1 is 0.971 bits per heavy atom. The molecule has 0 spiro atoms. The molecule has 3 aromatic rings. The highest BCUT2D eigenvalue weighted by Crippen LogP contribution is 2.35. The van der Waals surface area contributed by atoms with E-state index < -0.39 is 11.9 Å². The first-order chi connectivity index (χ1) is 16.2. The van der Waals surface area contributed by atoms with Crippen LogP contribution in [0.3, 0.4) is 0 Å². The van der Waals surface area contributed by atoms with Gasteiger partial charge in [-0.15, -0.1) is 0 Å². The van der Waals surface area contributed by atoms with Crippen LogP contribution in [-0.2, 0) is 4.79 Å². The van der Waals surface area contributed by atoms with Crippen molar-refractivity contribution in [2.45, 2.75) is 13.8 Å². The molecule has 0 radical (unpaired) electrons. The number of hydrogen-bond donors (Lipinski definition) is 2. The molecular formula is C25H20N2O6S. The van der Waals surface area contributed by atoms with E-state index in [4.69, 9.17) is 4.42 Å². The minimum atomic E-state index is -1.04. The van der Waals surface area contributed by atoms with Gasteiger partial charge in [-0.1, -0.05) is 18.2 Å². The molecule has 2 N–H and O–H groups in total. The van der Waals surface area contributed by atoms with Crippen molar-refractivity contribution in [1.29, 1.82) is 0 Å². The summed E-state index contributed by atoms with van der Waals surface area (Å²) in [6.07, 6.45) is 1.60. The number of benzene rings is 2. The molecule has 8 nitrogen and oxygen atoms in total. The summed E-state index contributed by atoms with van der Waals surface area (Å²) in [6, 6.07) is 13.2. The summed E-state index contributed by atoms with van der Waals surface area (Å²) in [5.41, 5.74) is 2.57. The number of hydrogen-bond acceptors (Lipinski definition) is 6. The zero-order valence-electron chi connectivity index (χ0n) is 18.5. The Labute approximate surface area is 199 Å². The van der Waals surface area contributed by atoms with Gasteiger partial charge in [-0.2, -0.15) is 0 Å². The van der Waals surface area contributed by atoms with E-state index in [1.807, 2.05) is 0 Å². The van der Waals surface area contributed by atoms with E-state index in [-0.39, 0.29) is 17.0 Å². The van der Waals surface area contributed by atoms with Crippen LogP contribution in [0.5, 0.6) is 0 Å². The Hall–Kier alpha value is -4.11. The molecule has 1 aromatic heterocycles. The average molecular weight is 477 g/mol. The number of amidine groups is 1. The van der Waals surface area contributed by atoms with Crippen molar-refractivity contribution < 1.29 is 29.0 Å².